The zero-order chi connectivity index (χ0) is 33.2. The molecule has 2 N–H and O–H groups in total. The molecule has 8 heteroatoms. The summed E-state index contributed by atoms with van der Waals surface area (Å²) in [5.41, 5.74) is 2.92. The molecule has 0 bridgehead atoms. The van der Waals surface area contributed by atoms with Gasteiger partial charge in [-0.3, -0.25) is 9.59 Å². The Morgan fingerprint density at radius 2 is 0.881 bits per heavy atom. The Labute approximate surface area is 258 Å². The maximum absolute atomic E-state index is 12.3. The van der Waals surface area contributed by atoms with E-state index in [1.54, 1.807) is 12.1 Å². The molecule has 0 aliphatic carbocycles. The second-order valence-electron chi connectivity index (χ2n) is 15.2. The summed E-state index contributed by atoms with van der Waals surface area (Å²) in [6.07, 6.45) is 2.97. The number of Topliss-reactive ketones (excluding diaryl/α,β-unsaturated/α-hetero) is 2. The number of ketones is 2. The molecule has 0 amide bonds. The van der Waals surface area contributed by atoms with Gasteiger partial charge >= 0.3 is 0 Å². The van der Waals surface area contributed by atoms with Crippen molar-refractivity contribution in [1.29, 1.82) is 0 Å². The molecule has 2 aromatic carbocycles. The molecule has 2 rings (SSSR count). The molecule has 2 aromatic rings. The van der Waals surface area contributed by atoms with Gasteiger partial charge in [0.15, 0.2) is 21.4 Å². The molecule has 0 fully saturated rings. The number of thioether (sulfide) groups is 1. The highest BCUT2D eigenvalue weighted by Gasteiger charge is 2.29. The number of hydrogen-bond acceptors (Lipinski definition) is 7. The third-order valence-corrected chi connectivity index (χ3v) is 8.10. The van der Waals surface area contributed by atoms with Crippen molar-refractivity contribution in [3.63, 3.8) is 0 Å². The van der Waals surface area contributed by atoms with Crippen molar-refractivity contribution in [2.24, 2.45) is 0 Å². The SMILES string of the molecule is CC(C)(C)c1cc(C(=O)CS(C)(=O)=O)cc(C(C)(C)C)c1O.CSCC(=O)c1cc(C(C)(C)C)c(O)c(C(C)(C)C)c1. The number of rotatable bonds is 6. The first-order valence-corrected chi connectivity index (χ1v) is 17.6. The number of phenols is 2. The van der Waals surface area contributed by atoms with Gasteiger partial charge in [-0.1, -0.05) is 83.1 Å². The summed E-state index contributed by atoms with van der Waals surface area (Å²) in [4.78, 5) is 24.5. The minimum Gasteiger partial charge on any atom is -0.507 e. The van der Waals surface area contributed by atoms with Gasteiger partial charge in [0.1, 0.15) is 17.3 Å². The first kappa shape index (κ1) is 37.7. The van der Waals surface area contributed by atoms with Crippen LogP contribution in [0.5, 0.6) is 11.5 Å². The molecule has 0 unspecified atom stereocenters. The average Bonchev–Trinajstić information content (AvgIpc) is 2.75. The summed E-state index contributed by atoms with van der Waals surface area (Å²) in [5, 5.41) is 21.1. The molecule has 0 atom stereocenters. The third-order valence-electron chi connectivity index (χ3n) is 6.76. The van der Waals surface area contributed by atoms with Crippen molar-refractivity contribution in [2.45, 2.75) is 105 Å². The first-order valence-electron chi connectivity index (χ1n) is 14.1. The van der Waals surface area contributed by atoms with E-state index in [1.165, 1.54) is 11.8 Å². The highest BCUT2D eigenvalue weighted by atomic mass is 32.2. The topological polar surface area (TPSA) is 109 Å². The number of carbonyl (C=O) groups is 2. The van der Waals surface area contributed by atoms with Crippen LogP contribution in [0.1, 0.15) is 126 Å². The van der Waals surface area contributed by atoms with E-state index in [1.807, 2.05) is 59.9 Å². The molecule has 6 nitrogen and oxygen atoms in total. The van der Waals surface area contributed by atoms with Crippen molar-refractivity contribution in [2.75, 3.05) is 24.0 Å². The Kier molecular flexibility index (Phi) is 11.8. The van der Waals surface area contributed by atoms with E-state index in [0.29, 0.717) is 33.8 Å². The lowest BCUT2D eigenvalue weighted by molar-refractivity contribution is 0.101. The van der Waals surface area contributed by atoms with Crippen LogP contribution in [0.3, 0.4) is 0 Å². The van der Waals surface area contributed by atoms with E-state index in [0.717, 1.165) is 17.4 Å². The molecule has 0 aliphatic heterocycles. The second-order valence-corrected chi connectivity index (χ2v) is 18.2. The van der Waals surface area contributed by atoms with Crippen molar-refractivity contribution in [3.8, 4) is 11.5 Å². The molecule has 0 saturated carbocycles. The van der Waals surface area contributed by atoms with Crippen LogP contribution in [0.15, 0.2) is 24.3 Å². The summed E-state index contributed by atoms with van der Waals surface area (Å²) in [5.74, 6) is 0.122. The molecule has 0 aromatic heterocycles. The molecule has 0 radical (unpaired) electrons. The third kappa shape index (κ3) is 10.4. The van der Waals surface area contributed by atoms with Crippen molar-refractivity contribution < 1.29 is 28.2 Å². The van der Waals surface area contributed by atoms with Gasteiger partial charge in [0.05, 0.1) is 5.75 Å². The lowest BCUT2D eigenvalue weighted by Gasteiger charge is -2.28. The van der Waals surface area contributed by atoms with Crippen LogP contribution >= 0.6 is 11.8 Å². The zero-order valence-corrected chi connectivity index (χ0v) is 29.7. The van der Waals surface area contributed by atoms with E-state index in [2.05, 4.69) is 41.5 Å². The maximum atomic E-state index is 12.3. The van der Waals surface area contributed by atoms with Gasteiger partial charge in [-0.05, 0) is 52.2 Å². The zero-order valence-electron chi connectivity index (χ0n) is 28.1. The molecule has 0 heterocycles. The summed E-state index contributed by atoms with van der Waals surface area (Å²) >= 11 is 1.52. The van der Waals surface area contributed by atoms with E-state index >= 15 is 0 Å². The highest BCUT2D eigenvalue weighted by Crippen LogP contribution is 2.41. The van der Waals surface area contributed by atoms with Crippen LogP contribution in [-0.4, -0.2) is 54.2 Å². The quantitative estimate of drug-likeness (QED) is 0.318. The fourth-order valence-electron chi connectivity index (χ4n) is 4.41. The number of aromatic hydroxyl groups is 2. The highest BCUT2D eigenvalue weighted by molar-refractivity contribution is 7.99. The summed E-state index contributed by atoms with van der Waals surface area (Å²) in [6.45, 7) is 24.0. The molecule has 0 saturated heterocycles. The van der Waals surface area contributed by atoms with Crippen LogP contribution in [0.25, 0.3) is 0 Å². The molecule has 236 valence electrons. The number of hydrogen-bond donors (Lipinski definition) is 2. The fraction of sp³-hybridized carbons (Fsp3) is 0.588. The van der Waals surface area contributed by atoms with Crippen molar-refractivity contribution in [3.05, 3.63) is 57.6 Å². The van der Waals surface area contributed by atoms with Gasteiger partial charge in [-0.2, -0.15) is 11.8 Å². The van der Waals surface area contributed by atoms with Gasteiger partial charge < -0.3 is 10.2 Å². The normalized spacial score (nSPS) is 12.9. The van der Waals surface area contributed by atoms with E-state index in [4.69, 9.17) is 0 Å². The Bertz CT molecular complexity index is 1340. The van der Waals surface area contributed by atoms with Crippen LogP contribution < -0.4 is 0 Å². The lowest BCUT2D eigenvalue weighted by Crippen LogP contribution is -2.21. The van der Waals surface area contributed by atoms with Gasteiger partial charge in [-0.15, -0.1) is 0 Å². The van der Waals surface area contributed by atoms with E-state index < -0.39 is 21.4 Å². The van der Waals surface area contributed by atoms with Crippen LogP contribution in [0.2, 0.25) is 0 Å². The predicted octanol–water partition coefficient (Wildman–Crippen LogP) is 7.75. The summed E-state index contributed by atoms with van der Waals surface area (Å²) in [6, 6.07) is 6.92. The standard InChI is InChI=1S/C17H26O4S.C17H26O2S/c1-16(2,3)12-8-11(14(18)10-22(7,20)21)9-13(15(12)19)17(4,5)6;1-16(2,3)12-8-11(14(18)10-20-7)9-13(15(12)19)17(4,5)6/h8-9,19H,10H2,1-7H3;8-9,19H,10H2,1-7H3. The van der Waals surface area contributed by atoms with Gasteiger partial charge in [0, 0.05) is 39.6 Å². The first-order chi connectivity index (χ1) is 18.6. The largest absolute Gasteiger partial charge is 0.507 e. The Balaban J connectivity index is 0.000000422. The predicted molar refractivity (Wildman–Crippen MR) is 178 cm³/mol. The lowest BCUT2D eigenvalue weighted by atomic mass is 9.78. The monoisotopic (exact) mass is 620 g/mol. The Morgan fingerprint density at radius 3 is 1.10 bits per heavy atom. The molecule has 0 spiro atoms. The van der Waals surface area contributed by atoms with Gasteiger partial charge in [0.25, 0.3) is 0 Å². The van der Waals surface area contributed by atoms with Crippen molar-refractivity contribution >= 4 is 33.2 Å². The smallest absolute Gasteiger partial charge is 0.177 e. The Hall–Kier alpha value is -2.32. The van der Waals surface area contributed by atoms with E-state index in [9.17, 15) is 28.2 Å². The van der Waals surface area contributed by atoms with E-state index in [-0.39, 0.29) is 33.2 Å². The average molecular weight is 621 g/mol. The fourth-order valence-corrected chi connectivity index (χ4v) is 5.49. The van der Waals surface area contributed by atoms with Crippen LogP contribution in [0.4, 0.5) is 0 Å². The number of carbonyl (C=O) groups excluding carboxylic acids is 2. The minimum absolute atomic E-state index is 0.119. The van der Waals surface area contributed by atoms with Crippen molar-refractivity contribution in [1.82, 2.24) is 0 Å². The number of benzene rings is 2. The summed E-state index contributed by atoms with van der Waals surface area (Å²) in [7, 11) is -3.39. The number of phenolic OH excluding ortho intramolecular Hbond substituents is 2. The number of sulfone groups is 1. The molecule has 0 aliphatic rings. The molecular weight excluding hydrogens is 569 g/mol. The van der Waals surface area contributed by atoms with Crippen LogP contribution in [-0.2, 0) is 31.5 Å². The Morgan fingerprint density at radius 1 is 0.619 bits per heavy atom. The summed E-state index contributed by atoms with van der Waals surface area (Å²) < 4.78 is 22.8. The molecule has 42 heavy (non-hydrogen) atoms. The van der Waals surface area contributed by atoms with Gasteiger partial charge in [-0.25, -0.2) is 8.42 Å². The van der Waals surface area contributed by atoms with Crippen LogP contribution in [0, 0.1) is 0 Å². The minimum atomic E-state index is -3.39. The van der Waals surface area contributed by atoms with Gasteiger partial charge in [0.2, 0.25) is 0 Å². The molecular formula is C34H52O6S2. The maximum Gasteiger partial charge on any atom is 0.177 e. The second kappa shape index (κ2) is 13.1.